The van der Waals surface area contributed by atoms with Crippen molar-refractivity contribution in [2.75, 3.05) is 0 Å². The minimum atomic E-state index is -0.427. The SMILES string of the molecule is O=[N+]([O-])c1ccc(-c2noc(CN(Cc3ccsc3)C3CC3)n2)cc1. The highest BCUT2D eigenvalue weighted by atomic mass is 32.1. The zero-order valence-corrected chi connectivity index (χ0v) is 14.2. The van der Waals surface area contributed by atoms with Gasteiger partial charge in [-0.2, -0.15) is 16.3 Å². The summed E-state index contributed by atoms with van der Waals surface area (Å²) in [5, 5.41) is 19.0. The molecule has 1 saturated carbocycles. The molecular formula is C17H16N4O3S. The van der Waals surface area contributed by atoms with Crippen molar-refractivity contribution in [2.24, 2.45) is 0 Å². The van der Waals surface area contributed by atoms with Gasteiger partial charge >= 0.3 is 0 Å². The summed E-state index contributed by atoms with van der Waals surface area (Å²) in [4.78, 5) is 17.1. The molecular weight excluding hydrogens is 340 g/mol. The van der Waals surface area contributed by atoms with Crippen LogP contribution >= 0.6 is 11.3 Å². The monoisotopic (exact) mass is 356 g/mol. The average Bonchev–Trinajstić information content (AvgIpc) is 3.14. The minimum absolute atomic E-state index is 0.0446. The van der Waals surface area contributed by atoms with Crippen LogP contribution in [0.2, 0.25) is 0 Å². The van der Waals surface area contributed by atoms with Crippen molar-refractivity contribution in [1.29, 1.82) is 0 Å². The van der Waals surface area contributed by atoms with E-state index in [2.05, 4.69) is 31.9 Å². The Hall–Kier alpha value is -2.58. The molecule has 4 rings (SSSR count). The molecule has 0 amide bonds. The molecule has 0 unspecified atom stereocenters. The van der Waals surface area contributed by atoms with Crippen molar-refractivity contribution in [2.45, 2.75) is 32.0 Å². The van der Waals surface area contributed by atoms with E-state index in [-0.39, 0.29) is 5.69 Å². The van der Waals surface area contributed by atoms with Gasteiger partial charge in [0.15, 0.2) is 0 Å². The molecule has 0 radical (unpaired) electrons. The van der Waals surface area contributed by atoms with Gasteiger partial charge < -0.3 is 4.52 Å². The van der Waals surface area contributed by atoms with Gasteiger partial charge in [0.1, 0.15) is 0 Å². The third-order valence-corrected chi connectivity index (χ3v) is 4.90. The molecule has 2 heterocycles. The van der Waals surface area contributed by atoms with Gasteiger partial charge in [0, 0.05) is 30.3 Å². The van der Waals surface area contributed by atoms with Crippen LogP contribution in [0, 0.1) is 10.1 Å². The summed E-state index contributed by atoms with van der Waals surface area (Å²) in [7, 11) is 0. The Balaban J connectivity index is 1.47. The van der Waals surface area contributed by atoms with Crippen LogP contribution in [-0.2, 0) is 13.1 Å². The molecule has 0 aliphatic heterocycles. The quantitative estimate of drug-likeness (QED) is 0.472. The fraction of sp³-hybridized carbons (Fsp3) is 0.294. The molecule has 128 valence electrons. The highest BCUT2D eigenvalue weighted by Crippen LogP contribution is 2.30. The van der Waals surface area contributed by atoms with Gasteiger partial charge in [-0.15, -0.1) is 0 Å². The maximum atomic E-state index is 10.7. The molecule has 2 aromatic heterocycles. The largest absolute Gasteiger partial charge is 0.338 e. The summed E-state index contributed by atoms with van der Waals surface area (Å²) in [6.45, 7) is 1.49. The Kier molecular flexibility index (Phi) is 4.29. The zero-order valence-electron chi connectivity index (χ0n) is 13.4. The van der Waals surface area contributed by atoms with E-state index < -0.39 is 4.92 Å². The van der Waals surface area contributed by atoms with Crippen molar-refractivity contribution in [1.82, 2.24) is 15.0 Å². The molecule has 1 fully saturated rings. The smallest absolute Gasteiger partial charge is 0.269 e. The molecule has 25 heavy (non-hydrogen) atoms. The molecule has 7 nitrogen and oxygen atoms in total. The lowest BCUT2D eigenvalue weighted by molar-refractivity contribution is -0.384. The second-order valence-corrected chi connectivity index (χ2v) is 6.86. The first-order chi connectivity index (χ1) is 12.2. The highest BCUT2D eigenvalue weighted by Gasteiger charge is 2.30. The number of nitro benzene ring substituents is 1. The number of non-ortho nitro benzene ring substituents is 1. The first-order valence-corrected chi connectivity index (χ1v) is 8.96. The summed E-state index contributed by atoms with van der Waals surface area (Å²) >= 11 is 1.70. The van der Waals surface area contributed by atoms with E-state index in [0.29, 0.717) is 29.9 Å². The number of thiophene rings is 1. The predicted molar refractivity (Wildman–Crippen MR) is 93.0 cm³/mol. The lowest BCUT2D eigenvalue weighted by Crippen LogP contribution is -2.25. The number of nitrogens with zero attached hydrogens (tertiary/aromatic N) is 4. The third-order valence-electron chi connectivity index (χ3n) is 4.17. The Morgan fingerprint density at radius 1 is 1.24 bits per heavy atom. The van der Waals surface area contributed by atoms with Crippen molar-refractivity contribution in [3.8, 4) is 11.4 Å². The predicted octanol–water partition coefficient (Wildman–Crippen LogP) is 3.87. The van der Waals surface area contributed by atoms with E-state index in [1.165, 1.54) is 30.5 Å². The fourth-order valence-electron chi connectivity index (χ4n) is 2.71. The molecule has 0 saturated heterocycles. The normalized spacial score (nSPS) is 14.1. The summed E-state index contributed by atoms with van der Waals surface area (Å²) in [5.41, 5.74) is 2.05. The van der Waals surface area contributed by atoms with Gasteiger partial charge in [-0.05, 0) is 47.4 Å². The number of aromatic nitrogens is 2. The van der Waals surface area contributed by atoms with Crippen LogP contribution in [0.15, 0.2) is 45.6 Å². The van der Waals surface area contributed by atoms with Gasteiger partial charge in [-0.25, -0.2) is 0 Å². The van der Waals surface area contributed by atoms with Crippen molar-refractivity contribution >= 4 is 17.0 Å². The van der Waals surface area contributed by atoms with Crippen LogP contribution in [0.5, 0.6) is 0 Å². The number of rotatable bonds is 7. The van der Waals surface area contributed by atoms with Gasteiger partial charge in [0.05, 0.1) is 11.5 Å². The minimum Gasteiger partial charge on any atom is -0.338 e. The summed E-state index contributed by atoms with van der Waals surface area (Å²) < 4.78 is 5.39. The van der Waals surface area contributed by atoms with E-state index in [4.69, 9.17) is 4.52 Å². The molecule has 0 atom stereocenters. The Morgan fingerprint density at radius 3 is 2.68 bits per heavy atom. The zero-order chi connectivity index (χ0) is 17.2. The Labute approximate surface area is 148 Å². The molecule has 0 N–H and O–H groups in total. The van der Waals surface area contributed by atoms with Crippen LogP contribution in [0.25, 0.3) is 11.4 Å². The third kappa shape index (κ3) is 3.75. The molecule has 1 aliphatic rings. The van der Waals surface area contributed by atoms with Gasteiger partial charge in [-0.1, -0.05) is 5.16 Å². The summed E-state index contributed by atoms with van der Waals surface area (Å²) in [5.74, 6) is 1.02. The lowest BCUT2D eigenvalue weighted by Gasteiger charge is -2.18. The van der Waals surface area contributed by atoms with E-state index in [1.54, 1.807) is 23.5 Å². The van der Waals surface area contributed by atoms with E-state index in [1.807, 2.05) is 0 Å². The Morgan fingerprint density at radius 2 is 2.04 bits per heavy atom. The summed E-state index contributed by atoms with van der Waals surface area (Å²) in [6, 6.07) is 8.87. The second kappa shape index (κ2) is 6.73. The highest BCUT2D eigenvalue weighted by molar-refractivity contribution is 7.07. The molecule has 1 aromatic carbocycles. The number of benzene rings is 1. The molecule has 3 aromatic rings. The molecule has 1 aliphatic carbocycles. The Bertz CT molecular complexity index is 856. The second-order valence-electron chi connectivity index (χ2n) is 6.08. The van der Waals surface area contributed by atoms with Crippen molar-refractivity contribution in [3.63, 3.8) is 0 Å². The van der Waals surface area contributed by atoms with E-state index in [9.17, 15) is 10.1 Å². The fourth-order valence-corrected chi connectivity index (χ4v) is 3.37. The van der Waals surface area contributed by atoms with Gasteiger partial charge in [-0.3, -0.25) is 15.0 Å². The van der Waals surface area contributed by atoms with Gasteiger partial charge in [0.25, 0.3) is 5.69 Å². The average molecular weight is 356 g/mol. The van der Waals surface area contributed by atoms with Crippen LogP contribution in [0.4, 0.5) is 5.69 Å². The van der Waals surface area contributed by atoms with Crippen molar-refractivity contribution in [3.05, 3.63) is 62.7 Å². The van der Waals surface area contributed by atoms with E-state index >= 15 is 0 Å². The molecule has 8 heteroatoms. The maximum absolute atomic E-state index is 10.7. The van der Waals surface area contributed by atoms with Crippen LogP contribution in [-0.4, -0.2) is 26.0 Å². The summed E-state index contributed by atoms with van der Waals surface area (Å²) in [6.07, 6.45) is 2.40. The van der Waals surface area contributed by atoms with E-state index in [0.717, 1.165) is 6.54 Å². The van der Waals surface area contributed by atoms with Crippen LogP contribution < -0.4 is 0 Å². The first kappa shape index (κ1) is 15.9. The number of nitro groups is 1. The number of hydrogen-bond acceptors (Lipinski definition) is 7. The topological polar surface area (TPSA) is 85.3 Å². The molecule has 0 spiro atoms. The maximum Gasteiger partial charge on any atom is 0.269 e. The number of hydrogen-bond donors (Lipinski definition) is 0. The first-order valence-electron chi connectivity index (χ1n) is 8.01. The van der Waals surface area contributed by atoms with Crippen molar-refractivity contribution < 1.29 is 9.45 Å². The lowest BCUT2D eigenvalue weighted by atomic mass is 10.2. The molecule has 0 bridgehead atoms. The van der Waals surface area contributed by atoms with Crippen LogP contribution in [0.3, 0.4) is 0 Å². The standard InChI is InChI=1S/C17H16N4O3S/c22-21(23)15-3-1-13(2-4-15)17-18-16(24-19-17)10-20(14-5-6-14)9-12-7-8-25-11-12/h1-4,7-8,11,14H,5-6,9-10H2. The van der Waals surface area contributed by atoms with Gasteiger partial charge in [0.2, 0.25) is 11.7 Å². The van der Waals surface area contributed by atoms with Crippen LogP contribution in [0.1, 0.15) is 24.3 Å².